The molecule has 0 fully saturated rings. The van der Waals surface area contributed by atoms with Crippen LogP contribution in [0.25, 0.3) is 11.2 Å². The van der Waals surface area contributed by atoms with Gasteiger partial charge in [0, 0.05) is 6.92 Å². The number of nitrogens with one attached hydrogen (secondary N) is 1. The molecule has 0 aromatic carbocycles. The monoisotopic (exact) mass is 297 g/mol. The van der Waals surface area contributed by atoms with Gasteiger partial charge >= 0.3 is 5.97 Å². The standard InChI is InChI=1S/C11H12ClN5O3/c1-3-20-7(19)4-17-5-13-8-9(12)15-11(14-6(2)18)16-10(8)17/h5H,3-4H2,1-2H3,(H,14,15,16,18). The van der Waals surface area contributed by atoms with Gasteiger partial charge in [0.25, 0.3) is 0 Å². The first kappa shape index (κ1) is 14.2. The number of esters is 1. The summed E-state index contributed by atoms with van der Waals surface area (Å²) < 4.78 is 6.33. The molecule has 2 aromatic rings. The van der Waals surface area contributed by atoms with Gasteiger partial charge in [-0.15, -0.1) is 0 Å². The average Bonchev–Trinajstić information content (AvgIpc) is 2.72. The van der Waals surface area contributed by atoms with Crippen molar-refractivity contribution in [3.05, 3.63) is 11.5 Å². The fourth-order valence-electron chi connectivity index (χ4n) is 1.58. The van der Waals surface area contributed by atoms with Gasteiger partial charge in [-0.2, -0.15) is 9.97 Å². The zero-order chi connectivity index (χ0) is 14.7. The van der Waals surface area contributed by atoms with E-state index in [1.165, 1.54) is 17.8 Å². The average molecular weight is 298 g/mol. The summed E-state index contributed by atoms with van der Waals surface area (Å²) in [5, 5.41) is 2.53. The summed E-state index contributed by atoms with van der Waals surface area (Å²) in [7, 11) is 0. The second-order valence-corrected chi connectivity index (χ2v) is 4.23. The number of carbonyl (C=O) groups excluding carboxylic acids is 2. The number of hydrogen-bond donors (Lipinski definition) is 1. The highest BCUT2D eigenvalue weighted by Gasteiger charge is 2.14. The molecule has 2 heterocycles. The van der Waals surface area contributed by atoms with Crippen molar-refractivity contribution in [2.75, 3.05) is 11.9 Å². The minimum Gasteiger partial charge on any atom is -0.465 e. The van der Waals surface area contributed by atoms with Crippen LogP contribution in [0.1, 0.15) is 13.8 Å². The zero-order valence-electron chi connectivity index (χ0n) is 10.9. The Labute approximate surface area is 119 Å². The first-order valence-electron chi connectivity index (χ1n) is 5.82. The highest BCUT2D eigenvalue weighted by molar-refractivity contribution is 6.33. The molecule has 0 saturated carbocycles. The summed E-state index contributed by atoms with van der Waals surface area (Å²) in [5.41, 5.74) is 0.701. The minimum absolute atomic E-state index is 0.0445. The van der Waals surface area contributed by atoms with Gasteiger partial charge in [-0.1, -0.05) is 11.6 Å². The highest BCUT2D eigenvalue weighted by Crippen LogP contribution is 2.20. The predicted molar refractivity (Wildman–Crippen MR) is 71.3 cm³/mol. The van der Waals surface area contributed by atoms with E-state index < -0.39 is 5.97 Å². The van der Waals surface area contributed by atoms with Gasteiger partial charge in [-0.3, -0.25) is 14.9 Å². The Bertz CT molecular complexity index is 669. The molecule has 1 N–H and O–H groups in total. The molecule has 0 aliphatic carbocycles. The molecule has 0 saturated heterocycles. The fraction of sp³-hybridized carbons (Fsp3) is 0.364. The van der Waals surface area contributed by atoms with Crippen molar-refractivity contribution < 1.29 is 14.3 Å². The lowest BCUT2D eigenvalue weighted by Gasteiger charge is -2.05. The number of amides is 1. The molecule has 0 unspecified atom stereocenters. The number of hydrogen-bond acceptors (Lipinski definition) is 6. The molecule has 20 heavy (non-hydrogen) atoms. The fourth-order valence-corrected chi connectivity index (χ4v) is 1.80. The normalized spacial score (nSPS) is 10.6. The van der Waals surface area contributed by atoms with Crippen LogP contribution < -0.4 is 5.32 Å². The number of nitrogens with zero attached hydrogens (tertiary/aromatic N) is 4. The third kappa shape index (κ3) is 3.02. The van der Waals surface area contributed by atoms with Gasteiger partial charge < -0.3 is 9.30 Å². The van der Waals surface area contributed by atoms with Crippen LogP contribution in [0.3, 0.4) is 0 Å². The van der Waals surface area contributed by atoms with Crippen LogP contribution in [-0.2, 0) is 20.9 Å². The van der Waals surface area contributed by atoms with Crippen LogP contribution in [0.15, 0.2) is 6.33 Å². The Morgan fingerprint density at radius 3 is 2.85 bits per heavy atom. The molecular weight excluding hydrogens is 286 g/mol. The Morgan fingerprint density at radius 1 is 1.45 bits per heavy atom. The SMILES string of the molecule is CCOC(=O)Cn1cnc2c(Cl)nc(NC(C)=O)nc21. The molecule has 1 amide bonds. The number of halogens is 1. The molecule has 0 aliphatic heterocycles. The predicted octanol–water partition coefficient (Wildman–Crippen LogP) is 1.00. The number of anilines is 1. The molecule has 2 rings (SSSR count). The van der Waals surface area contributed by atoms with Crippen LogP contribution in [-0.4, -0.2) is 38.0 Å². The summed E-state index contributed by atoms with van der Waals surface area (Å²) in [6, 6.07) is 0. The van der Waals surface area contributed by atoms with E-state index in [4.69, 9.17) is 16.3 Å². The molecule has 106 valence electrons. The summed E-state index contributed by atoms with van der Waals surface area (Å²) in [5.74, 6) is -0.680. The smallest absolute Gasteiger partial charge is 0.326 e. The molecule has 2 aromatic heterocycles. The van der Waals surface area contributed by atoms with Gasteiger partial charge in [0.2, 0.25) is 11.9 Å². The van der Waals surface area contributed by atoms with Crippen molar-refractivity contribution in [3.8, 4) is 0 Å². The van der Waals surface area contributed by atoms with Gasteiger partial charge in [-0.05, 0) is 6.92 Å². The van der Waals surface area contributed by atoms with E-state index in [2.05, 4.69) is 20.3 Å². The van der Waals surface area contributed by atoms with Crippen molar-refractivity contribution in [3.63, 3.8) is 0 Å². The summed E-state index contributed by atoms with van der Waals surface area (Å²) in [4.78, 5) is 34.6. The van der Waals surface area contributed by atoms with E-state index in [0.717, 1.165) is 0 Å². The van der Waals surface area contributed by atoms with Crippen molar-refractivity contribution in [2.45, 2.75) is 20.4 Å². The van der Waals surface area contributed by atoms with Crippen molar-refractivity contribution in [2.24, 2.45) is 0 Å². The van der Waals surface area contributed by atoms with Crippen molar-refractivity contribution in [1.82, 2.24) is 19.5 Å². The number of fused-ring (bicyclic) bond motifs is 1. The lowest BCUT2D eigenvalue weighted by atomic mass is 10.5. The molecule has 9 heteroatoms. The van der Waals surface area contributed by atoms with Crippen LogP contribution in [0, 0.1) is 0 Å². The summed E-state index contributed by atoms with van der Waals surface area (Å²) >= 11 is 5.96. The second-order valence-electron chi connectivity index (χ2n) is 3.87. The first-order valence-corrected chi connectivity index (χ1v) is 6.20. The topological polar surface area (TPSA) is 99.0 Å². The Morgan fingerprint density at radius 2 is 2.20 bits per heavy atom. The Hall–Kier alpha value is -2.22. The minimum atomic E-state index is -0.414. The summed E-state index contributed by atoms with van der Waals surface area (Å²) in [6.07, 6.45) is 1.42. The van der Waals surface area contributed by atoms with E-state index in [1.54, 1.807) is 6.92 Å². The number of imidazole rings is 1. The largest absolute Gasteiger partial charge is 0.465 e. The maximum atomic E-state index is 11.5. The van der Waals surface area contributed by atoms with E-state index >= 15 is 0 Å². The van der Waals surface area contributed by atoms with Crippen LogP contribution >= 0.6 is 11.6 Å². The molecule has 0 aliphatic rings. The van der Waals surface area contributed by atoms with Crippen molar-refractivity contribution in [1.29, 1.82) is 0 Å². The van der Waals surface area contributed by atoms with Gasteiger partial charge in [0.1, 0.15) is 12.1 Å². The summed E-state index contributed by atoms with van der Waals surface area (Å²) in [6.45, 7) is 3.30. The maximum Gasteiger partial charge on any atom is 0.326 e. The van der Waals surface area contributed by atoms with Crippen LogP contribution in [0.5, 0.6) is 0 Å². The lowest BCUT2D eigenvalue weighted by Crippen LogP contribution is -2.14. The number of ether oxygens (including phenoxy) is 1. The quantitative estimate of drug-likeness (QED) is 0.667. The van der Waals surface area contributed by atoms with Gasteiger partial charge in [-0.25, -0.2) is 4.98 Å². The second kappa shape index (κ2) is 5.83. The third-order valence-corrected chi connectivity index (χ3v) is 2.58. The van der Waals surface area contributed by atoms with Gasteiger partial charge in [0.15, 0.2) is 10.8 Å². The molecule has 0 bridgehead atoms. The highest BCUT2D eigenvalue weighted by atomic mass is 35.5. The van der Waals surface area contributed by atoms with E-state index in [9.17, 15) is 9.59 Å². The Balaban J connectivity index is 2.39. The molecule has 0 spiro atoms. The number of rotatable bonds is 4. The molecular formula is C11H12ClN5O3. The zero-order valence-corrected chi connectivity index (χ0v) is 11.6. The van der Waals surface area contributed by atoms with E-state index in [-0.39, 0.29) is 23.6 Å². The van der Waals surface area contributed by atoms with Gasteiger partial charge in [0.05, 0.1) is 12.9 Å². The third-order valence-electron chi connectivity index (χ3n) is 2.31. The van der Waals surface area contributed by atoms with E-state index in [0.29, 0.717) is 17.8 Å². The van der Waals surface area contributed by atoms with E-state index in [1.807, 2.05) is 0 Å². The Kier molecular flexibility index (Phi) is 4.14. The van der Waals surface area contributed by atoms with Crippen LogP contribution in [0.2, 0.25) is 5.15 Å². The van der Waals surface area contributed by atoms with Crippen LogP contribution in [0.4, 0.5) is 5.95 Å². The first-order chi connectivity index (χ1) is 9.51. The molecule has 8 nitrogen and oxygen atoms in total. The lowest BCUT2D eigenvalue weighted by molar-refractivity contribution is -0.143. The number of aromatic nitrogens is 4. The molecule has 0 atom stereocenters. The number of carbonyl (C=O) groups is 2. The van der Waals surface area contributed by atoms with Crippen molar-refractivity contribution >= 4 is 40.6 Å². The molecule has 0 radical (unpaired) electrons. The maximum absolute atomic E-state index is 11.5.